The standard InChI is InChI=1S/C11H13NOS/c1-2-3-9-13-11(14)12-10-7-5-4-6-8-10/h2,4-8H,1,3,9H2,(H,12,14). The van der Waals surface area contributed by atoms with Crippen molar-refractivity contribution in [2.24, 2.45) is 0 Å². The molecule has 0 aromatic heterocycles. The number of ether oxygens (including phenoxy) is 1. The molecule has 1 aromatic rings. The maximum atomic E-state index is 5.24. The van der Waals surface area contributed by atoms with Crippen LogP contribution < -0.4 is 5.32 Å². The maximum absolute atomic E-state index is 5.24. The fourth-order valence-corrected chi connectivity index (χ4v) is 1.11. The van der Waals surface area contributed by atoms with Crippen molar-refractivity contribution in [3.05, 3.63) is 43.0 Å². The van der Waals surface area contributed by atoms with Crippen molar-refractivity contribution in [2.45, 2.75) is 6.42 Å². The molecule has 0 heterocycles. The molecule has 1 rings (SSSR count). The Bertz CT molecular complexity index is 297. The van der Waals surface area contributed by atoms with Gasteiger partial charge in [-0.05, 0) is 30.8 Å². The minimum Gasteiger partial charge on any atom is -0.470 e. The van der Waals surface area contributed by atoms with Crippen LogP contribution in [0.3, 0.4) is 0 Å². The summed E-state index contributed by atoms with van der Waals surface area (Å²) in [6.45, 7) is 4.17. The fraction of sp³-hybridized carbons (Fsp3) is 0.182. The Hall–Kier alpha value is -1.35. The lowest BCUT2D eigenvalue weighted by Crippen LogP contribution is -2.13. The smallest absolute Gasteiger partial charge is 0.261 e. The SMILES string of the molecule is C=CCCOC(=S)Nc1ccccc1. The van der Waals surface area contributed by atoms with Gasteiger partial charge in [-0.2, -0.15) is 0 Å². The maximum Gasteiger partial charge on any atom is 0.261 e. The van der Waals surface area contributed by atoms with Crippen molar-refractivity contribution in [1.82, 2.24) is 0 Å². The number of anilines is 1. The van der Waals surface area contributed by atoms with Crippen LogP contribution in [0.1, 0.15) is 6.42 Å². The molecule has 0 saturated heterocycles. The largest absolute Gasteiger partial charge is 0.470 e. The first-order valence-corrected chi connectivity index (χ1v) is 4.83. The molecule has 0 bridgehead atoms. The van der Waals surface area contributed by atoms with E-state index in [4.69, 9.17) is 17.0 Å². The van der Waals surface area contributed by atoms with Crippen molar-refractivity contribution >= 4 is 23.1 Å². The second kappa shape index (κ2) is 6.16. The molecular formula is C11H13NOS. The second-order valence-electron chi connectivity index (χ2n) is 2.70. The molecule has 14 heavy (non-hydrogen) atoms. The first-order valence-electron chi connectivity index (χ1n) is 4.42. The highest BCUT2D eigenvalue weighted by Crippen LogP contribution is 2.05. The highest BCUT2D eigenvalue weighted by molar-refractivity contribution is 7.80. The topological polar surface area (TPSA) is 21.3 Å². The van der Waals surface area contributed by atoms with E-state index in [1.165, 1.54) is 0 Å². The summed E-state index contributed by atoms with van der Waals surface area (Å²) in [5.41, 5.74) is 0.941. The minimum atomic E-state index is 0.401. The van der Waals surface area contributed by atoms with Crippen LogP contribution in [0.5, 0.6) is 0 Å². The third-order valence-corrected chi connectivity index (χ3v) is 1.80. The number of thiocarbonyl (C=S) groups is 1. The number of benzene rings is 1. The highest BCUT2D eigenvalue weighted by atomic mass is 32.1. The molecule has 1 aromatic carbocycles. The second-order valence-corrected chi connectivity index (χ2v) is 3.08. The zero-order valence-corrected chi connectivity index (χ0v) is 8.72. The Morgan fingerprint density at radius 3 is 2.79 bits per heavy atom. The van der Waals surface area contributed by atoms with Crippen LogP contribution in [0, 0.1) is 0 Å². The lowest BCUT2D eigenvalue weighted by molar-refractivity contribution is 0.320. The molecular weight excluding hydrogens is 194 g/mol. The van der Waals surface area contributed by atoms with Gasteiger partial charge in [-0.1, -0.05) is 24.3 Å². The number of hydrogen-bond donors (Lipinski definition) is 1. The molecule has 1 N–H and O–H groups in total. The normalized spacial score (nSPS) is 9.14. The lowest BCUT2D eigenvalue weighted by Gasteiger charge is -2.08. The summed E-state index contributed by atoms with van der Waals surface area (Å²) in [6.07, 6.45) is 2.60. The van der Waals surface area contributed by atoms with Gasteiger partial charge in [-0.15, -0.1) is 6.58 Å². The van der Waals surface area contributed by atoms with Crippen LogP contribution in [0.4, 0.5) is 5.69 Å². The van der Waals surface area contributed by atoms with E-state index in [9.17, 15) is 0 Å². The average molecular weight is 207 g/mol. The summed E-state index contributed by atoms with van der Waals surface area (Å²) >= 11 is 4.98. The zero-order valence-electron chi connectivity index (χ0n) is 7.90. The molecule has 2 nitrogen and oxygen atoms in total. The minimum absolute atomic E-state index is 0.401. The van der Waals surface area contributed by atoms with E-state index in [-0.39, 0.29) is 0 Å². The summed E-state index contributed by atoms with van der Waals surface area (Å²) in [7, 11) is 0. The van der Waals surface area contributed by atoms with Gasteiger partial charge in [0.25, 0.3) is 5.17 Å². The van der Waals surface area contributed by atoms with Gasteiger partial charge in [-0.25, -0.2) is 0 Å². The van der Waals surface area contributed by atoms with Crippen LogP contribution in [0.2, 0.25) is 0 Å². The van der Waals surface area contributed by atoms with Crippen LogP contribution in [-0.4, -0.2) is 11.8 Å². The molecule has 0 aliphatic heterocycles. The Balaban J connectivity index is 2.31. The van der Waals surface area contributed by atoms with Gasteiger partial charge in [0.05, 0.1) is 6.61 Å². The quantitative estimate of drug-likeness (QED) is 0.466. The van der Waals surface area contributed by atoms with E-state index >= 15 is 0 Å². The van der Waals surface area contributed by atoms with Gasteiger partial charge in [0.15, 0.2) is 0 Å². The van der Waals surface area contributed by atoms with E-state index in [0.29, 0.717) is 11.8 Å². The van der Waals surface area contributed by atoms with Crippen LogP contribution in [0.25, 0.3) is 0 Å². The Kier molecular flexibility index (Phi) is 4.72. The molecule has 3 heteroatoms. The molecule has 0 aliphatic carbocycles. The van der Waals surface area contributed by atoms with Gasteiger partial charge in [0, 0.05) is 5.69 Å². The third-order valence-electron chi connectivity index (χ3n) is 1.58. The highest BCUT2D eigenvalue weighted by Gasteiger charge is 1.96. The van der Waals surface area contributed by atoms with E-state index in [0.717, 1.165) is 12.1 Å². The van der Waals surface area contributed by atoms with Crippen molar-refractivity contribution in [3.63, 3.8) is 0 Å². The van der Waals surface area contributed by atoms with Crippen LogP contribution >= 0.6 is 12.2 Å². The Labute approximate surface area is 89.6 Å². The summed E-state index contributed by atoms with van der Waals surface area (Å²) in [4.78, 5) is 0. The molecule has 0 fully saturated rings. The fourth-order valence-electron chi connectivity index (χ4n) is 0.910. The number of hydrogen-bond acceptors (Lipinski definition) is 2. The molecule has 0 saturated carbocycles. The molecule has 0 spiro atoms. The van der Waals surface area contributed by atoms with Crippen molar-refractivity contribution in [2.75, 3.05) is 11.9 Å². The molecule has 0 atom stereocenters. The average Bonchev–Trinajstić information content (AvgIpc) is 2.20. The lowest BCUT2D eigenvalue weighted by atomic mass is 10.3. The molecule has 0 aliphatic rings. The van der Waals surface area contributed by atoms with E-state index in [1.807, 2.05) is 30.3 Å². The molecule has 0 unspecified atom stereocenters. The van der Waals surface area contributed by atoms with Gasteiger partial charge in [0.1, 0.15) is 0 Å². The van der Waals surface area contributed by atoms with E-state index < -0.39 is 0 Å². The van der Waals surface area contributed by atoms with Crippen molar-refractivity contribution in [1.29, 1.82) is 0 Å². The predicted molar refractivity (Wildman–Crippen MR) is 63.4 cm³/mol. The van der Waals surface area contributed by atoms with Crippen LogP contribution in [-0.2, 0) is 4.74 Å². The first-order chi connectivity index (χ1) is 6.83. The van der Waals surface area contributed by atoms with Gasteiger partial charge in [0.2, 0.25) is 0 Å². The monoisotopic (exact) mass is 207 g/mol. The van der Waals surface area contributed by atoms with E-state index in [2.05, 4.69) is 11.9 Å². The number of rotatable bonds is 4. The Morgan fingerprint density at radius 2 is 2.14 bits per heavy atom. The molecule has 0 amide bonds. The summed E-state index contributed by atoms with van der Waals surface area (Å²) in [5, 5.41) is 3.38. The van der Waals surface area contributed by atoms with Crippen molar-refractivity contribution in [3.8, 4) is 0 Å². The predicted octanol–water partition coefficient (Wildman–Crippen LogP) is 2.98. The number of para-hydroxylation sites is 1. The number of nitrogens with one attached hydrogen (secondary N) is 1. The van der Waals surface area contributed by atoms with Gasteiger partial charge >= 0.3 is 0 Å². The zero-order chi connectivity index (χ0) is 10.2. The third kappa shape index (κ3) is 4.05. The molecule has 74 valence electrons. The molecule has 0 radical (unpaired) electrons. The summed E-state index contributed by atoms with van der Waals surface area (Å²) < 4.78 is 5.24. The Morgan fingerprint density at radius 1 is 1.43 bits per heavy atom. The summed E-state index contributed by atoms with van der Waals surface area (Å²) in [5.74, 6) is 0. The van der Waals surface area contributed by atoms with Crippen LogP contribution in [0.15, 0.2) is 43.0 Å². The van der Waals surface area contributed by atoms with E-state index in [1.54, 1.807) is 6.08 Å². The first kappa shape index (κ1) is 10.7. The van der Waals surface area contributed by atoms with Gasteiger partial charge < -0.3 is 10.1 Å². The summed E-state index contributed by atoms with van der Waals surface area (Å²) in [6, 6.07) is 9.70. The van der Waals surface area contributed by atoms with Gasteiger partial charge in [-0.3, -0.25) is 0 Å². The van der Waals surface area contributed by atoms with Crippen molar-refractivity contribution < 1.29 is 4.74 Å².